The second kappa shape index (κ2) is 8.12. The van der Waals surface area contributed by atoms with Crippen molar-refractivity contribution < 1.29 is 9.47 Å². The molecule has 0 spiro atoms. The highest BCUT2D eigenvalue weighted by Crippen LogP contribution is 2.10. The van der Waals surface area contributed by atoms with Gasteiger partial charge in [-0.3, -0.25) is 4.98 Å². The molecule has 4 nitrogen and oxygen atoms in total. The quantitative estimate of drug-likeness (QED) is 0.735. The van der Waals surface area contributed by atoms with Crippen molar-refractivity contribution in [1.29, 1.82) is 0 Å². The number of nitrogens with one attached hydrogen (secondary N) is 1. The van der Waals surface area contributed by atoms with Crippen LogP contribution in [-0.2, 0) is 11.3 Å². The van der Waals surface area contributed by atoms with Gasteiger partial charge in [0.1, 0.15) is 5.75 Å². The lowest BCUT2D eigenvalue weighted by Crippen LogP contribution is -2.35. The van der Waals surface area contributed by atoms with Crippen molar-refractivity contribution in [2.75, 3.05) is 20.3 Å². The first-order valence-corrected chi connectivity index (χ1v) is 6.83. The number of rotatable bonds is 8. The molecule has 108 valence electrons. The number of unbranched alkanes of at least 4 members (excludes halogenated alkanes) is 1. The number of hydrogen-bond donors (Lipinski definition) is 1. The van der Waals surface area contributed by atoms with Crippen molar-refractivity contribution in [2.24, 2.45) is 0 Å². The van der Waals surface area contributed by atoms with Crippen molar-refractivity contribution >= 4 is 0 Å². The summed E-state index contributed by atoms with van der Waals surface area (Å²) in [5.74, 6) is 0.830. The molecule has 0 radical (unpaired) electrons. The smallest absolute Gasteiger partial charge is 0.137 e. The Morgan fingerprint density at radius 1 is 1.16 bits per heavy atom. The molecule has 0 atom stereocenters. The first-order chi connectivity index (χ1) is 9.01. The van der Waals surface area contributed by atoms with E-state index in [1.54, 1.807) is 13.3 Å². The van der Waals surface area contributed by atoms with E-state index >= 15 is 0 Å². The summed E-state index contributed by atoms with van der Waals surface area (Å²) in [7, 11) is 1.72. The summed E-state index contributed by atoms with van der Waals surface area (Å²) in [6, 6.07) is 3.98. The Balaban J connectivity index is 2.27. The van der Waals surface area contributed by atoms with Gasteiger partial charge < -0.3 is 14.8 Å². The van der Waals surface area contributed by atoms with Crippen LogP contribution in [0.25, 0.3) is 0 Å². The van der Waals surface area contributed by atoms with Crippen molar-refractivity contribution in [3.63, 3.8) is 0 Å². The first-order valence-electron chi connectivity index (χ1n) is 6.83. The molecule has 0 aliphatic heterocycles. The van der Waals surface area contributed by atoms with E-state index < -0.39 is 0 Å². The molecule has 0 saturated carbocycles. The zero-order chi connectivity index (χ0) is 14.1. The van der Waals surface area contributed by atoms with Gasteiger partial charge in [0.2, 0.25) is 0 Å². The Hall–Kier alpha value is -1.13. The van der Waals surface area contributed by atoms with Crippen molar-refractivity contribution in [1.82, 2.24) is 10.3 Å². The largest absolute Gasteiger partial charge is 0.492 e. The minimum atomic E-state index is 0.109. The maximum atomic E-state index is 5.61. The molecule has 0 saturated heterocycles. The van der Waals surface area contributed by atoms with Gasteiger partial charge in [-0.25, -0.2) is 0 Å². The molecule has 4 heteroatoms. The molecule has 0 aliphatic rings. The number of aromatic nitrogens is 1. The van der Waals surface area contributed by atoms with E-state index in [-0.39, 0.29) is 5.54 Å². The van der Waals surface area contributed by atoms with Gasteiger partial charge in [-0.1, -0.05) is 0 Å². The molecule has 1 rings (SSSR count). The van der Waals surface area contributed by atoms with E-state index in [0.29, 0.717) is 6.61 Å². The van der Waals surface area contributed by atoms with Crippen LogP contribution in [0.4, 0.5) is 0 Å². The summed E-state index contributed by atoms with van der Waals surface area (Å²) in [6.45, 7) is 8.71. The topological polar surface area (TPSA) is 43.4 Å². The molecule has 1 aromatic heterocycles. The lowest BCUT2D eigenvalue weighted by Gasteiger charge is -2.20. The fourth-order valence-corrected chi connectivity index (χ4v) is 1.50. The number of nitrogens with zero attached hydrogens (tertiary/aromatic N) is 1. The van der Waals surface area contributed by atoms with Crippen LogP contribution in [0.1, 0.15) is 39.3 Å². The SMILES string of the molecule is COCCCCOc1ccc(CNC(C)(C)C)nc1. The van der Waals surface area contributed by atoms with Gasteiger partial charge in [-0.05, 0) is 45.7 Å². The fraction of sp³-hybridized carbons (Fsp3) is 0.667. The van der Waals surface area contributed by atoms with Crippen LogP contribution in [-0.4, -0.2) is 30.8 Å². The second-order valence-corrected chi connectivity index (χ2v) is 5.64. The normalized spacial score (nSPS) is 11.6. The number of ether oxygens (including phenoxy) is 2. The van der Waals surface area contributed by atoms with Gasteiger partial charge in [-0.2, -0.15) is 0 Å². The number of hydrogen-bond acceptors (Lipinski definition) is 4. The molecule has 1 N–H and O–H groups in total. The monoisotopic (exact) mass is 266 g/mol. The molecule has 0 bridgehead atoms. The fourth-order valence-electron chi connectivity index (χ4n) is 1.50. The molecule has 1 aromatic rings. The zero-order valence-corrected chi connectivity index (χ0v) is 12.5. The number of methoxy groups -OCH3 is 1. The van der Waals surface area contributed by atoms with Crippen LogP contribution in [0.3, 0.4) is 0 Å². The van der Waals surface area contributed by atoms with Crippen molar-refractivity contribution in [2.45, 2.75) is 45.7 Å². The van der Waals surface area contributed by atoms with E-state index in [4.69, 9.17) is 9.47 Å². The predicted octanol–water partition coefficient (Wildman–Crippen LogP) is 2.78. The summed E-state index contributed by atoms with van der Waals surface area (Å²) in [6.07, 6.45) is 3.81. The predicted molar refractivity (Wildman–Crippen MR) is 77.4 cm³/mol. The van der Waals surface area contributed by atoms with Crippen molar-refractivity contribution in [3.8, 4) is 5.75 Å². The Morgan fingerprint density at radius 3 is 2.47 bits per heavy atom. The Bertz CT molecular complexity index is 344. The van der Waals surface area contributed by atoms with E-state index in [1.165, 1.54) is 0 Å². The van der Waals surface area contributed by atoms with E-state index in [1.807, 2.05) is 12.1 Å². The average molecular weight is 266 g/mol. The first kappa shape index (κ1) is 15.9. The Morgan fingerprint density at radius 2 is 1.89 bits per heavy atom. The van der Waals surface area contributed by atoms with Crippen LogP contribution in [0.5, 0.6) is 5.75 Å². The van der Waals surface area contributed by atoms with Gasteiger partial charge in [0.15, 0.2) is 0 Å². The third-order valence-electron chi connectivity index (χ3n) is 2.61. The number of pyridine rings is 1. The molecular weight excluding hydrogens is 240 g/mol. The second-order valence-electron chi connectivity index (χ2n) is 5.64. The maximum absolute atomic E-state index is 5.61. The highest BCUT2D eigenvalue weighted by Gasteiger charge is 2.08. The van der Waals surface area contributed by atoms with E-state index in [0.717, 1.165) is 37.4 Å². The molecular formula is C15H26N2O2. The van der Waals surface area contributed by atoms with Gasteiger partial charge in [-0.15, -0.1) is 0 Å². The highest BCUT2D eigenvalue weighted by atomic mass is 16.5. The van der Waals surface area contributed by atoms with Crippen molar-refractivity contribution in [3.05, 3.63) is 24.0 Å². The lowest BCUT2D eigenvalue weighted by molar-refractivity contribution is 0.184. The van der Waals surface area contributed by atoms with Gasteiger partial charge in [0.25, 0.3) is 0 Å². The minimum absolute atomic E-state index is 0.109. The van der Waals surface area contributed by atoms with E-state index in [2.05, 4.69) is 31.1 Å². The zero-order valence-electron chi connectivity index (χ0n) is 12.5. The van der Waals surface area contributed by atoms with Crippen LogP contribution >= 0.6 is 0 Å². The Kier molecular flexibility index (Phi) is 6.81. The standard InChI is InChI=1S/C15H26N2O2/c1-15(2,3)17-11-13-7-8-14(12-16-13)19-10-6-5-9-18-4/h7-8,12,17H,5-6,9-11H2,1-4H3. The molecule has 0 aliphatic carbocycles. The summed E-state index contributed by atoms with van der Waals surface area (Å²) >= 11 is 0. The summed E-state index contributed by atoms with van der Waals surface area (Å²) < 4.78 is 10.6. The highest BCUT2D eigenvalue weighted by molar-refractivity contribution is 5.19. The summed E-state index contributed by atoms with van der Waals surface area (Å²) in [5, 5.41) is 3.41. The minimum Gasteiger partial charge on any atom is -0.492 e. The summed E-state index contributed by atoms with van der Waals surface area (Å²) in [4.78, 5) is 4.38. The third-order valence-corrected chi connectivity index (χ3v) is 2.61. The maximum Gasteiger partial charge on any atom is 0.137 e. The lowest BCUT2D eigenvalue weighted by atomic mass is 10.1. The molecule has 19 heavy (non-hydrogen) atoms. The third kappa shape index (κ3) is 7.80. The molecule has 0 unspecified atom stereocenters. The van der Waals surface area contributed by atoms with Crippen LogP contribution in [0.2, 0.25) is 0 Å². The van der Waals surface area contributed by atoms with Crippen LogP contribution in [0, 0.1) is 0 Å². The van der Waals surface area contributed by atoms with Gasteiger partial charge >= 0.3 is 0 Å². The molecule has 0 aromatic carbocycles. The molecule has 0 fully saturated rings. The van der Waals surface area contributed by atoms with Crippen LogP contribution in [0.15, 0.2) is 18.3 Å². The van der Waals surface area contributed by atoms with Gasteiger partial charge in [0, 0.05) is 25.8 Å². The average Bonchev–Trinajstić information content (AvgIpc) is 2.37. The van der Waals surface area contributed by atoms with Gasteiger partial charge in [0.05, 0.1) is 18.5 Å². The summed E-state index contributed by atoms with van der Waals surface area (Å²) in [5.41, 5.74) is 1.14. The van der Waals surface area contributed by atoms with Crippen LogP contribution < -0.4 is 10.1 Å². The Labute approximate surface area is 116 Å². The molecule has 0 amide bonds. The molecule has 1 heterocycles. The van der Waals surface area contributed by atoms with E-state index in [9.17, 15) is 0 Å².